The van der Waals surface area contributed by atoms with E-state index in [-0.39, 0.29) is 29.1 Å². The van der Waals surface area contributed by atoms with Crippen molar-refractivity contribution in [3.63, 3.8) is 0 Å². The van der Waals surface area contributed by atoms with Crippen LogP contribution < -0.4 is 15.4 Å². The molecule has 1 fully saturated rings. The van der Waals surface area contributed by atoms with Gasteiger partial charge in [-0.05, 0) is 71.1 Å². The van der Waals surface area contributed by atoms with Crippen LogP contribution in [0.2, 0.25) is 10.0 Å². The molecule has 0 aliphatic heterocycles. The van der Waals surface area contributed by atoms with Gasteiger partial charge in [-0.2, -0.15) is 9.41 Å². The lowest BCUT2D eigenvalue weighted by Gasteiger charge is -2.10. The molecule has 1 aliphatic carbocycles. The first-order valence-electron chi connectivity index (χ1n) is 11.6. The number of nitrogens with one attached hydrogen (secondary N) is 2. The molecule has 2 aromatic heterocycles. The molecule has 0 saturated heterocycles. The smallest absolute Gasteiger partial charge is 0.251 e. The molecule has 5 rings (SSSR count). The van der Waals surface area contributed by atoms with Crippen molar-refractivity contribution in [2.45, 2.75) is 30.5 Å². The number of tetrazole rings is 1. The molecule has 10 nitrogen and oxygen atoms in total. The molecule has 2 heterocycles. The second-order valence-corrected chi connectivity index (χ2v) is 10.4. The molecule has 2 aromatic carbocycles. The average molecular weight is 570 g/mol. The van der Waals surface area contributed by atoms with E-state index in [0.29, 0.717) is 43.3 Å². The van der Waals surface area contributed by atoms with E-state index in [2.05, 4.69) is 26.2 Å². The van der Waals surface area contributed by atoms with Gasteiger partial charge in [0, 0.05) is 23.7 Å². The maximum absolute atomic E-state index is 12.6. The van der Waals surface area contributed by atoms with E-state index >= 15 is 0 Å². The highest BCUT2D eigenvalue weighted by molar-refractivity contribution is 7.99. The maximum Gasteiger partial charge on any atom is 0.251 e. The van der Waals surface area contributed by atoms with Crippen molar-refractivity contribution in [2.24, 2.45) is 0 Å². The van der Waals surface area contributed by atoms with Crippen LogP contribution in [0.25, 0.3) is 5.69 Å². The van der Waals surface area contributed by atoms with Gasteiger partial charge in [-0.25, -0.2) is 0 Å². The normalized spacial score (nSPS) is 12.8. The summed E-state index contributed by atoms with van der Waals surface area (Å²) < 4.78 is 2.17. The summed E-state index contributed by atoms with van der Waals surface area (Å²) in [7, 11) is 0. The number of carbonyl (C=O) groups excluding carboxylic acids is 2. The number of thioether (sulfide) groups is 1. The highest BCUT2D eigenvalue weighted by Crippen LogP contribution is 2.41. The van der Waals surface area contributed by atoms with Crippen LogP contribution in [0, 0.1) is 5.21 Å². The molecule has 1 saturated carbocycles. The molecule has 0 atom stereocenters. The fraction of sp³-hybridized carbons (Fsp3) is 0.200. The number of amides is 2. The van der Waals surface area contributed by atoms with Gasteiger partial charge in [0.15, 0.2) is 12.4 Å². The van der Waals surface area contributed by atoms with Crippen molar-refractivity contribution in [2.75, 3.05) is 11.1 Å². The van der Waals surface area contributed by atoms with Crippen molar-refractivity contribution in [3.8, 4) is 5.69 Å². The van der Waals surface area contributed by atoms with Gasteiger partial charge in [0.05, 0.1) is 27.2 Å². The Labute approximate surface area is 231 Å². The minimum atomic E-state index is -0.364. The summed E-state index contributed by atoms with van der Waals surface area (Å²) >= 11 is 14.0. The Kier molecular flexibility index (Phi) is 7.77. The monoisotopic (exact) mass is 569 g/mol. The minimum Gasteiger partial charge on any atom is -0.619 e. The molecule has 1 aliphatic rings. The SMILES string of the molecule is O=C(CSc1nnnn1-c1ccc(C2CC2)cc1Cl)Nc1ccc(C(=O)NCc2ccc[n+]([O-])c2)cc1Cl. The van der Waals surface area contributed by atoms with Crippen LogP contribution in [0.5, 0.6) is 0 Å². The van der Waals surface area contributed by atoms with E-state index < -0.39 is 0 Å². The van der Waals surface area contributed by atoms with E-state index in [1.54, 1.807) is 24.3 Å². The Balaban J connectivity index is 1.17. The number of rotatable bonds is 9. The molecular formula is C25H21Cl2N7O3S. The Hall–Kier alpha value is -3.67. The second-order valence-electron chi connectivity index (χ2n) is 8.64. The van der Waals surface area contributed by atoms with Gasteiger partial charge in [-0.15, -0.1) is 5.10 Å². The van der Waals surface area contributed by atoms with Crippen molar-refractivity contribution < 1.29 is 14.3 Å². The zero-order chi connectivity index (χ0) is 26.6. The fourth-order valence-corrected chi connectivity index (χ4v) is 4.93. The number of anilines is 1. The minimum absolute atomic E-state index is 0.0213. The maximum atomic E-state index is 12.6. The van der Waals surface area contributed by atoms with Gasteiger partial charge < -0.3 is 15.8 Å². The van der Waals surface area contributed by atoms with Crippen LogP contribution in [0.1, 0.15) is 40.2 Å². The second kappa shape index (κ2) is 11.4. The van der Waals surface area contributed by atoms with Crippen LogP contribution in [-0.2, 0) is 11.3 Å². The molecule has 0 bridgehead atoms. The van der Waals surface area contributed by atoms with E-state index in [4.69, 9.17) is 23.2 Å². The summed E-state index contributed by atoms with van der Waals surface area (Å²) in [5.74, 6) is -0.0935. The van der Waals surface area contributed by atoms with Crippen molar-refractivity contribution in [1.82, 2.24) is 25.5 Å². The lowest BCUT2D eigenvalue weighted by molar-refractivity contribution is -0.605. The highest BCUT2D eigenvalue weighted by atomic mass is 35.5. The molecule has 2 N–H and O–H groups in total. The van der Waals surface area contributed by atoms with Gasteiger partial charge in [0.2, 0.25) is 11.1 Å². The molecular weight excluding hydrogens is 549 g/mol. The highest BCUT2D eigenvalue weighted by Gasteiger charge is 2.24. The van der Waals surface area contributed by atoms with Crippen molar-refractivity contribution in [1.29, 1.82) is 0 Å². The first kappa shape index (κ1) is 26.0. The van der Waals surface area contributed by atoms with Crippen molar-refractivity contribution in [3.05, 3.63) is 92.9 Å². The third-order valence-electron chi connectivity index (χ3n) is 5.82. The van der Waals surface area contributed by atoms with Gasteiger partial charge in [-0.1, -0.05) is 41.0 Å². The number of halogens is 2. The van der Waals surface area contributed by atoms with E-state index in [1.807, 2.05) is 18.2 Å². The van der Waals surface area contributed by atoms with Crippen LogP contribution in [0.15, 0.2) is 66.1 Å². The van der Waals surface area contributed by atoms with Crippen molar-refractivity contribution >= 4 is 52.5 Å². The Morgan fingerprint density at radius 2 is 1.97 bits per heavy atom. The number of hydrogen-bond acceptors (Lipinski definition) is 7. The Morgan fingerprint density at radius 3 is 2.71 bits per heavy atom. The van der Waals surface area contributed by atoms with E-state index in [9.17, 15) is 14.8 Å². The first-order valence-corrected chi connectivity index (χ1v) is 13.4. The largest absolute Gasteiger partial charge is 0.619 e. The molecule has 0 spiro atoms. The predicted molar refractivity (Wildman–Crippen MR) is 144 cm³/mol. The summed E-state index contributed by atoms with van der Waals surface area (Å²) in [5, 5.41) is 29.7. The third kappa shape index (κ3) is 6.24. The Bertz CT molecular complexity index is 1510. The number of nitrogens with zero attached hydrogens (tertiary/aromatic N) is 5. The molecule has 194 valence electrons. The third-order valence-corrected chi connectivity index (χ3v) is 7.35. The quantitative estimate of drug-likeness (QED) is 0.176. The molecule has 0 unspecified atom stereocenters. The standard InChI is InChI=1S/C25H21Cl2N7O3S/c26-19-11-18(24(36)28-12-15-2-1-9-33(37)13-15)5-7-21(19)29-23(35)14-38-25-30-31-32-34(25)22-8-6-17(10-20(22)27)16-3-4-16/h1-2,5-11,13,16H,3-4,12,14H2,(H,28,36)(H,29,35). The fourth-order valence-electron chi connectivity index (χ4n) is 3.75. The summed E-state index contributed by atoms with van der Waals surface area (Å²) in [6.45, 7) is 0.185. The number of aromatic nitrogens is 5. The number of carbonyl (C=O) groups is 2. The van der Waals surface area contributed by atoms with E-state index in [1.165, 1.54) is 41.5 Å². The number of hydrogen-bond donors (Lipinski definition) is 2. The van der Waals surface area contributed by atoms with Crippen LogP contribution in [0.3, 0.4) is 0 Å². The molecule has 13 heteroatoms. The van der Waals surface area contributed by atoms with Crippen LogP contribution >= 0.6 is 35.0 Å². The average Bonchev–Trinajstić information content (AvgIpc) is 3.65. The number of benzene rings is 2. The molecule has 2 amide bonds. The lowest BCUT2D eigenvalue weighted by atomic mass is 10.1. The summed E-state index contributed by atoms with van der Waals surface area (Å²) in [6, 6.07) is 13.7. The zero-order valence-electron chi connectivity index (χ0n) is 19.8. The zero-order valence-corrected chi connectivity index (χ0v) is 22.1. The number of pyridine rings is 1. The molecule has 0 radical (unpaired) electrons. The topological polar surface area (TPSA) is 129 Å². The van der Waals surface area contributed by atoms with Gasteiger partial charge >= 0.3 is 0 Å². The summed E-state index contributed by atoms with van der Waals surface area (Å²) in [6.07, 6.45) is 5.09. The lowest BCUT2D eigenvalue weighted by Crippen LogP contribution is -2.28. The predicted octanol–water partition coefficient (Wildman–Crippen LogP) is 4.14. The van der Waals surface area contributed by atoms with Crippen LogP contribution in [-0.4, -0.2) is 37.8 Å². The Morgan fingerprint density at radius 1 is 1.13 bits per heavy atom. The van der Waals surface area contributed by atoms with Gasteiger partial charge in [0.25, 0.3) is 5.91 Å². The van der Waals surface area contributed by atoms with Gasteiger partial charge in [-0.3, -0.25) is 9.59 Å². The first-order chi connectivity index (χ1) is 18.4. The summed E-state index contributed by atoms with van der Waals surface area (Å²) in [5.41, 5.74) is 3.18. The van der Waals surface area contributed by atoms with Crippen LogP contribution in [0.4, 0.5) is 5.69 Å². The summed E-state index contributed by atoms with van der Waals surface area (Å²) in [4.78, 5) is 25.1. The molecule has 38 heavy (non-hydrogen) atoms. The molecule has 4 aromatic rings. The van der Waals surface area contributed by atoms with E-state index in [0.717, 1.165) is 11.8 Å². The van der Waals surface area contributed by atoms with Gasteiger partial charge in [0.1, 0.15) is 0 Å².